The number of nitrogens with two attached hydrogens (primary N) is 1. The van der Waals surface area contributed by atoms with Gasteiger partial charge in [0.25, 0.3) is 0 Å². The molecule has 1 aromatic carbocycles. The number of nitrogens with one attached hydrogen (secondary N) is 1. The third-order valence-electron chi connectivity index (χ3n) is 1.90. The number of halogens is 3. The average molecular weight is 318 g/mol. The largest absolute Gasteiger partial charge is 0.368 e. The highest BCUT2D eigenvalue weighted by Crippen LogP contribution is 2.26. The van der Waals surface area contributed by atoms with E-state index in [1.165, 1.54) is 18.2 Å². The molecule has 0 unspecified atom stereocenters. The maximum atomic E-state index is 13.1. The molecule has 4 nitrogen and oxygen atoms in total. The topological polar surface area (TPSA) is 63.8 Å². The second-order valence-electron chi connectivity index (χ2n) is 3.18. The molecular weight excluding hydrogens is 310 g/mol. The van der Waals surface area contributed by atoms with Crippen LogP contribution in [-0.4, -0.2) is 9.97 Å². The predicted octanol–water partition coefficient (Wildman–Crippen LogP) is 3.36. The van der Waals surface area contributed by atoms with E-state index in [0.717, 1.165) is 0 Å². The third kappa shape index (κ3) is 3.04. The normalized spacial score (nSPS) is 10.3. The van der Waals surface area contributed by atoms with E-state index in [4.69, 9.17) is 17.3 Å². The molecule has 2 aromatic rings. The first kappa shape index (κ1) is 12.1. The van der Waals surface area contributed by atoms with Crippen molar-refractivity contribution in [2.75, 3.05) is 11.1 Å². The van der Waals surface area contributed by atoms with Crippen LogP contribution in [0, 0.1) is 5.82 Å². The van der Waals surface area contributed by atoms with E-state index in [1.807, 2.05) is 0 Å². The zero-order chi connectivity index (χ0) is 12.4. The molecule has 0 saturated carbocycles. The van der Waals surface area contributed by atoms with Crippen molar-refractivity contribution < 1.29 is 4.39 Å². The molecule has 3 N–H and O–H groups in total. The first-order valence-electron chi connectivity index (χ1n) is 4.57. The molecule has 0 aliphatic rings. The van der Waals surface area contributed by atoms with E-state index in [0.29, 0.717) is 16.0 Å². The van der Waals surface area contributed by atoms with Gasteiger partial charge in [-0.3, -0.25) is 0 Å². The molecule has 0 aliphatic heterocycles. The highest BCUT2D eigenvalue weighted by atomic mass is 79.9. The van der Waals surface area contributed by atoms with Crippen LogP contribution in [-0.2, 0) is 0 Å². The number of nitrogens with zero attached hydrogens (tertiary/aromatic N) is 2. The molecule has 2 rings (SSSR count). The lowest BCUT2D eigenvalue weighted by Crippen LogP contribution is -2.00. The Labute approximate surface area is 110 Å². The van der Waals surface area contributed by atoms with Gasteiger partial charge in [-0.15, -0.1) is 0 Å². The molecule has 7 heteroatoms. The summed E-state index contributed by atoms with van der Waals surface area (Å²) in [6, 6.07) is 5.76. The summed E-state index contributed by atoms with van der Waals surface area (Å²) in [5.74, 6) is 0.0881. The van der Waals surface area contributed by atoms with E-state index >= 15 is 0 Å². The van der Waals surface area contributed by atoms with E-state index in [-0.39, 0.29) is 16.9 Å². The zero-order valence-corrected chi connectivity index (χ0v) is 10.8. The number of benzene rings is 1. The molecule has 88 valence electrons. The van der Waals surface area contributed by atoms with Crippen molar-refractivity contribution in [3.8, 4) is 0 Å². The Morgan fingerprint density at radius 1 is 1.29 bits per heavy atom. The maximum absolute atomic E-state index is 13.1. The average Bonchev–Trinajstić information content (AvgIpc) is 2.22. The van der Waals surface area contributed by atoms with E-state index in [9.17, 15) is 4.39 Å². The van der Waals surface area contributed by atoms with E-state index in [2.05, 4.69) is 31.2 Å². The first-order valence-corrected chi connectivity index (χ1v) is 5.74. The minimum absolute atomic E-state index is 0.0486. The summed E-state index contributed by atoms with van der Waals surface area (Å²) in [4.78, 5) is 7.65. The zero-order valence-electron chi connectivity index (χ0n) is 8.42. The summed E-state index contributed by atoms with van der Waals surface area (Å²) in [5, 5.41) is 3.11. The molecule has 0 saturated heterocycles. The molecule has 0 amide bonds. The fourth-order valence-corrected chi connectivity index (χ4v) is 1.77. The number of hydrogen-bond donors (Lipinski definition) is 2. The first-order chi connectivity index (χ1) is 8.04. The smallest absolute Gasteiger partial charge is 0.223 e. The van der Waals surface area contributed by atoms with Gasteiger partial charge >= 0.3 is 0 Å². The minimum Gasteiger partial charge on any atom is -0.368 e. The molecule has 1 heterocycles. The van der Waals surface area contributed by atoms with Crippen LogP contribution in [0.15, 0.2) is 28.7 Å². The highest BCUT2D eigenvalue weighted by Gasteiger charge is 2.05. The number of anilines is 3. The maximum Gasteiger partial charge on any atom is 0.223 e. The number of aromatic nitrogens is 2. The summed E-state index contributed by atoms with van der Waals surface area (Å²) in [5.41, 5.74) is 5.98. The Morgan fingerprint density at radius 3 is 2.76 bits per heavy atom. The van der Waals surface area contributed by atoms with Crippen molar-refractivity contribution in [1.82, 2.24) is 9.97 Å². The summed E-state index contributed by atoms with van der Waals surface area (Å²) >= 11 is 9.02. The van der Waals surface area contributed by atoms with Crippen LogP contribution in [0.3, 0.4) is 0 Å². The number of hydrogen-bond acceptors (Lipinski definition) is 4. The molecule has 0 aliphatic carbocycles. The fourth-order valence-electron chi connectivity index (χ4n) is 1.23. The van der Waals surface area contributed by atoms with Crippen molar-refractivity contribution >= 4 is 45.0 Å². The van der Waals surface area contributed by atoms with Gasteiger partial charge in [-0.25, -0.2) is 9.37 Å². The molecular formula is C10H7BrClFN4. The van der Waals surface area contributed by atoms with Gasteiger partial charge in [0.15, 0.2) is 0 Å². The van der Waals surface area contributed by atoms with Gasteiger partial charge in [-0.2, -0.15) is 4.98 Å². The van der Waals surface area contributed by atoms with Gasteiger partial charge in [-0.05, 0) is 34.1 Å². The molecule has 0 fully saturated rings. The second kappa shape index (κ2) is 4.85. The van der Waals surface area contributed by atoms with Crippen molar-refractivity contribution in [3.05, 3.63) is 39.7 Å². The van der Waals surface area contributed by atoms with Gasteiger partial charge in [0.05, 0.1) is 5.69 Å². The number of nitrogen functional groups attached to an aromatic ring is 1. The van der Waals surface area contributed by atoms with Crippen molar-refractivity contribution in [2.45, 2.75) is 0 Å². The standard InChI is InChI=1S/C10H7BrClFN4/c11-6-2-1-5(13)3-7(6)15-9-4-8(12)16-10(14)17-9/h1-4H,(H3,14,15,16,17). The van der Waals surface area contributed by atoms with Crippen LogP contribution in [0.1, 0.15) is 0 Å². The highest BCUT2D eigenvalue weighted by molar-refractivity contribution is 9.10. The Hall–Kier alpha value is -1.40. The Balaban J connectivity index is 2.34. The minimum atomic E-state index is -0.358. The predicted molar refractivity (Wildman–Crippen MR) is 68.8 cm³/mol. The van der Waals surface area contributed by atoms with Gasteiger partial charge in [0.2, 0.25) is 5.95 Å². The Kier molecular flexibility index (Phi) is 3.44. The summed E-state index contributed by atoms with van der Waals surface area (Å²) in [6.45, 7) is 0. The van der Waals surface area contributed by atoms with Crippen LogP contribution in [0.25, 0.3) is 0 Å². The lowest BCUT2D eigenvalue weighted by atomic mass is 10.3. The van der Waals surface area contributed by atoms with Gasteiger partial charge < -0.3 is 11.1 Å². The van der Waals surface area contributed by atoms with Crippen LogP contribution in [0.2, 0.25) is 5.15 Å². The van der Waals surface area contributed by atoms with Crippen molar-refractivity contribution in [1.29, 1.82) is 0 Å². The summed E-state index contributed by atoms with van der Waals surface area (Å²) in [6.07, 6.45) is 0. The second-order valence-corrected chi connectivity index (χ2v) is 4.42. The van der Waals surface area contributed by atoms with Crippen LogP contribution >= 0.6 is 27.5 Å². The van der Waals surface area contributed by atoms with E-state index in [1.54, 1.807) is 6.07 Å². The van der Waals surface area contributed by atoms with Crippen LogP contribution in [0.5, 0.6) is 0 Å². The van der Waals surface area contributed by atoms with Crippen molar-refractivity contribution in [2.24, 2.45) is 0 Å². The van der Waals surface area contributed by atoms with Gasteiger partial charge in [0.1, 0.15) is 16.8 Å². The van der Waals surface area contributed by atoms with Gasteiger partial charge in [0, 0.05) is 10.5 Å². The summed E-state index contributed by atoms with van der Waals surface area (Å²) < 4.78 is 13.8. The molecule has 1 aromatic heterocycles. The summed E-state index contributed by atoms with van der Waals surface area (Å²) in [7, 11) is 0. The molecule has 17 heavy (non-hydrogen) atoms. The molecule has 0 spiro atoms. The Morgan fingerprint density at radius 2 is 2.06 bits per heavy atom. The Bertz CT molecular complexity index is 544. The lowest BCUT2D eigenvalue weighted by molar-refractivity contribution is 0.628. The van der Waals surface area contributed by atoms with Crippen LogP contribution < -0.4 is 11.1 Å². The van der Waals surface area contributed by atoms with E-state index < -0.39 is 0 Å². The molecule has 0 bridgehead atoms. The lowest BCUT2D eigenvalue weighted by Gasteiger charge is -2.08. The molecule has 0 atom stereocenters. The quantitative estimate of drug-likeness (QED) is 0.834. The van der Waals surface area contributed by atoms with Crippen LogP contribution in [0.4, 0.5) is 21.8 Å². The van der Waals surface area contributed by atoms with Crippen molar-refractivity contribution in [3.63, 3.8) is 0 Å². The monoisotopic (exact) mass is 316 g/mol. The molecule has 0 radical (unpaired) electrons. The number of rotatable bonds is 2. The fraction of sp³-hybridized carbons (Fsp3) is 0. The van der Waals surface area contributed by atoms with Gasteiger partial charge in [-0.1, -0.05) is 11.6 Å². The SMILES string of the molecule is Nc1nc(Cl)cc(Nc2cc(F)ccc2Br)n1. The third-order valence-corrected chi connectivity index (χ3v) is 2.79.